The largest absolute Gasteiger partial charge is 0.174 e. The molecule has 0 aliphatic rings. The molecule has 1 aromatic heterocycles. The van der Waals surface area contributed by atoms with Crippen LogP contribution in [0.5, 0.6) is 0 Å². The minimum Gasteiger partial charge on any atom is -0.146 e. The van der Waals surface area contributed by atoms with E-state index in [2.05, 4.69) is 31.0 Å². The van der Waals surface area contributed by atoms with Crippen LogP contribution in [0.4, 0.5) is 0 Å². The quantitative estimate of drug-likeness (QED) is 0.704. The molecule has 0 aliphatic carbocycles. The maximum absolute atomic E-state index is 3.97. The normalized spacial score (nSPS) is 11.9. The number of hydrogen-bond donors (Lipinski definition) is 0. The van der Waals surface area contributed by atoms with Crippen LogP contribution in [0, 0.1) is 5.41 Å². The lowest BCUT2D eigenvalue weighted by Gasteiger charge is -2.16. The standard InChI is InChI=1S/C8H14N2S2/c1-8(2,3)4-5-11-7-10-9-6-12-7/h6H,4-5H2,1-3H3. The molecule has 1 rings (SSSR count). The van der Waals surface area contributed by atoms with E-state index in [1.807, 2.05) is 0 Å². The Hall–Kier alpha value is -0.0900. The second-order valence-electron chi connectivity index (χ2n) is 3.86. The van der Waals surface area contributed by atoms with E-state index in [9.17, 15) is 0 Å². The van der Waals surface area contributed by atoms with Crippen LogP contribution >= 0.6 is 23.1 Å². The summed E-state index contributed by atoms with van der Waals surface area (Å²) in [5.41, 5.74) is 2.21. The highest BCUT2D eigenvalue weighted by atomic mass is 32.2. The molecule has 0 N–H and O–H groups in total. The SMILES string of the molecule is CC(C)(C)CCSc1nncs1. The predicted octanol–water partition coefficient (Wildman–Crippen LogP) is 3.07. The zero-order valence-electron chi connectivity index (χ0n) is 7.70. The summed E-state index contributed by atoms with van der Waals surface area (Å²) in [4.78, 5) is 0. The third-order valence-corrected chi connectivity index (χ3v) is 3.28. The van der Waals surface area contributed by atoms with Crippen LogP contribution in [0.15, 0.2) is 9.85 Å². The highest BCUT2D eigenvalue weighted by Gasteiger charge is 2.10. The summed E-state index contributed by atoms with van der Waals surface area (Å²) in [5, 5.41) is 7.75. The molecule has 0 fully saturated rings. The zero-order chi connectivity index (χ0) is 9.03. The maximum Gasteiger partial charge on any atom is 0.174 e. The fourth-order valence-electron chi connectivity index (χ4n) is 0.670. The van der Waals surface area contributed by atoms with Gasteiger partial charge in [0.25, 0.3) is 0 Å². The second kappa shape index (κ2) is 4.23. The summed E-state index contributed by atoms with van der Waals surface area (Å²) in [5.74, 6) is 1.14. The fourth-order valence-corrected chi connectivity index (χ4v) is 2.59. The highest BCUT2D eigenvalue weighted by Crippen LogP contribution is 2.26. The first-order chi connectivity index (χ1) is 5.58. The van der Waals surface area contributed by atoms with Crippen molar-refractivity contribution in [2.75, 3.05) is 5.75 Å². The average Bonchev–Trinajstić information content (AvgIpc) is 2.36. The molecule has 1 aromatic rings. The zero-order valence-corrected chi connectivity index (χ0v) is 9.34. The average molecular weight is 202 g/mol. The molecule has 0 saturated heterocycles. The van der Waals surface area contributed by atoms with Gasteiger partial charge in [0.05, 0.1) is 0 Å². The Kier molecular flexibility index (Phi) is 3.53. The van der Waals surface area contributed by atoms with Gasteiger partial charge in [-0.15, -0.1) is 10.2 Å². The summed E-state index contributed by atoms with van der Waals surface area (Å²) in [6.45, 7) is 6.77. The van der Waals surface area contributed by atoms with E-state index >= 15 is 0 Å². The van der Waals surface area contributed by atoms with E-state index in [0.29, 0.717) is 5.41 Å². The van der Waals surface area contributed by atoms with Gasteiger partial charge < -0.3 is 0 Å². The summed E-state index contributed by atoms with van der Waals surface area (Å²) in [6, 6.07) is 0. The number of hydrogen-bond acceptors (Lipinski definition) is 4. The molecule has 0 spiro atoms. The van der Waals surface area contributed by atoms with Crippen molar-refractivity contribution < 1.29 is 0 Å². The van der Waals surface area contributed by atoms with Crippen molar-refractivity contribution in [3.63, 3.8) is 0 Å². The molecule has 1 heterocycles. The topological polar surface area (TPSA) is 25.8 Å². The van der Waals surface area contributed by atoms with Gasteiger partial charge in [-0.1, -0.05) is 43.9 Å². The molecule has 68 valence electrons. The molecule has 4 heteroatoms. The van der Waals surface area contributed by atoms with Crippen molar-refractivity contribution in [1.82, 2.24) is 10.2 Å². The van der Waals surface area contributed by atoms with Gasteiger partial charge in [-0.2, -0.15) is 0 Å². The van der Waals surface area contributed by atoms with Gasteiger partial charge in [-0.25, -0.2) is 0 Å². The molecule has 12 heavy (non-hydrogen) atoms. The lowest BCUT2D eigenvalue weighted by atomic mass is 9.94. The van der Waals surface area contributed by atoms with Crippen LogP contribution in [0.3, 0.4) is 0 Å². The first-order valence-electron chi connectivity index (χ1n) is 3.97. The lowest BCUT2D eigenvalue weighted by Crippen LogP contribution is -2.05. The molecule has 0 unspecified atom stereocenters. The summed E-state index contributed by atoms with van der Waals surface area (Å²) < 4.78 is 1.08. The van der Waals surface area contributed by atoms with E-state index < -0.39 is 0 Å². The van der Waals surface area contributed by atoms with Crippen LogP contribution in [0.1, 0.15) is 27.2 Å². The van der Waals surface area contributed by atoms with Crippen molar-refractivity contribution in [3.8, 4) is 0 Å². The Morgan fingerprint density at radius 1 is 1.50 bits per heavy atom. The monoisotopic (exact) mass is 202 g/mol. The van der Waals surface area contributed by atoms with Crippen molar-refractivity contribution >= 4 is 23.1 Å². The summed E-state index contributed by atoms with van der Waals surface area (Å²) >= 11 is 3.41. The predicted molar refractivity (Wildman–Crippen MR) is 54.7 cm³/mol. The Balaban J connectivity index is 2.20. The molecular weight excluding hydrogens is 188 g/mol. The number of aromatic nitrogens is 2. The van der Waals surface area contributed by atoms with Gasteiger partial charge >= 0.3 is 0 Å². The number of nitrogens with zero attached hydrogens (tertiary/aromatic N) is 2. The maximum atomic E-state index is 3.97. The van der Waals surface area contributed by atoms with Gasteiger partial charge in [0.2, 0.25) is 0 Å². The van der Waals surface area contributed by atoms with E-state index in [1.165, 1.54) is 6.42 Å². The Morgan fingerprint density at radius 3 is 2.75 bits per heavy atom. The number of thioether (sulfide) groups is 1. The molecule has 0 aliphatic heterocycles. The van der Waals surface area contributed by atoms with Crippen LogP contribution in [0.25, 0.3) is 0 Å². The van der Waals surface area contributed by atoms with E-state index in [1.54, 1.807) is 28.6 Å². The van der Waals surface area contributed by atoms with Crippen molar-refractivity contribution in [2.24, 2.45) is 5.41 Å². The van der Waals surface area contributed by atoms with Gasteiger partial charge in [0.1, 0.15) is 5.51 Å². The fraction of sp³-hybridized carbons (Fsp3) is 0.750. The third kappa shape index (κ3) is 4.07. The van der Waals surface area contributed by atoms with Crippen molar-refractivity contribution in [3.05, 3.63) is 5.51 Å². The van der Waals surface area contributed by atoms with Crippen LogP contribution < -0.4 is 0 Å². The van der Waals surface area contributed by atoms with Crippen LogP contribution in [0.2, 0.25) is 0 Å². The molecular formula is C8H14N2S2. The van der Waals surface area contributed by atoms with E-state index in [-0.39, 0.29) is 0 Å². The van der Waals surface area contributed by atoms with E-state index in [4.69, 9.17) is 0 Å². The lowest BCUT2D eigenvalue weighted by molar-refractivity contribution is 0.401. The first-order valence-corrected chi connectivity index (χ1v) is 5.83. The number of rotatable bonds is 3. The molecule has 0 saturated carbocycles. The minimum absolute atomic E-state index is 0.428. The van der Waals surface area contributed by atoms with Gasteiger partial charge in [-0.05, 0) is 11.8 Å². The summed E-state index contributed by atoms with van der Waals surface area (Å²) in [6.07, 6.45) is 1.22. The van der Waals surface area contributed by atoms with Crippen molar-refractivity contribution in [1.29, 1.82) is 0 Å². The van der Waals surface area contributed by atoms with Gasteiger partial charge in [-0.3, -0.25) is 0 Å². The van der Waals surface area contributed by atoms with Gasteiger partial charge in [0.15, 0.2) is 4.34 Å². The molecule has 2 nitrogen and oxygen atoms in total. The Bertz CT molecular complexity index is 213. The van der Waals surface area contributed by atoms with Gasteiger partial charge in [0, 0.05) is 5.75 Å². The molecule has 0 amide bonds. The molecule has 0 aromatic carbocycles. The van der Waals surface area contributed by atoms with E-state index in [0.717, 1.165) is 10.1 Å². The third-order valence-electron chi connectivity index (χ3n) is 1.42. The van der Waals surface area contributed by atoms with Crippen molar-refractivity contribution in [2.45, 2.75) is 31.5 Å². The van der Waals surface area contributed by atoms with Crippen LogP contribution in [-0.2, 0) is 0 Å². The second-order valence-corrected chi connectivity index (χ2v) is 6.04. The Labute approximate surface area is 81.8 Å². The summed E-state index contributed by atoms with van der Waals surface area (Å²) in [7, 11) is 0. The molecule has 0 atom stereocenters. The highest BCUT2D eigenvalue weighted by molar-refractivity contribution is 8.00. The smallest absolute Gasteiger partial charge is 0.146 e. The van der Waals surface area contributed by atoms with Crippen LogP contribution in [-0.4, -0.2) is 16.0 Å². The molecule has 0 radical (unpaired) electrons. The molecule has 0 bridgehead atoms. The Morgan fingerprint density at radius 2 is 2.25 bits per heavy atom. The minimum atomic E-state index is 0.428. The first kappa shape index (κ1) is 9.99.